The molecule has 7 nitrogen and oxygen atoms in total. The number of fused-ring (bicyclic) bond motifs is 1. The second-order valence-corrected chi connectivity index (χ2v) is 8.48. The molecule has 0 spiro atoms. The highest BCUT2D eigenvalue weighted by molar-refractivity contribution is 6.35. The van der Waals surface area contributed by atoms with Crippen molar-refractivity contribution in [3.63, 3.8) is 0 Å². The minimum atomic E-state index is -0.686. The molecule has 2 aromatic rings. The molecule has 1 unspecified atom stereocenters. The number of aromatic nitrogens is 2. The van der Waals surface area contributed by atoms with Gasteiger partial charge in [0.15, 0.2) is 6.10 Å². The van der Waals surface area contributed by atoms with E-state index in [0.29, 0.717) is 47.5 Å². The van der Waals surface area contributed by atoms with Crippen molar-refractivity contribution in [3.8, 4) is 5.75 Å². The number of rotatable bonds is 4. The molecule has 1 aromatic heterocycles. The molecule has 4 rings (SSSR count). The third kappa shape index (κ3) is 4.27. The van der Waals surface area contributed by atoms with Crippen LogP contribution in [-0.2, 0) is 17.8 Å². The van der Waals surface area contributed by atoms with Crippen molar-refractivity contribution < 1.29 is 14.3 Å². The molecule has 160 valence electrons. The summed E-state index contributed by atoms with van der Waals surface area (Å²) in [4.78, 5) is 29.3. The number of aryl methyl sites for hydroxylation is 1. The lowest BCUT2D eigenvalue weighted by Gasteiger charge is -2.36. The Morgan fingerprint density at radius 3 is 2.53 bits per heavy atom. The number of hydrogen-bond donors (Lipinski definition) is 0. The Bertz CT molecular complexity index is 954. The van der Waals surface area contributed by atoms with E-state index in [4.69, 9.17) is 27.9 Å². The lowest BCUT2D eigenvalue weighted by Crippen LogP contribution is -2.53. The van der Waals surface area contributed by atoms with Crippen LogP contribution in [0.5, 0.6) is 5.75 Å². The minimum Gasteiger partial charge on any atom is -0.479 e. The summed E-state index contributed by atoms with van der Waals surface area (Å²) < 4.78 is 7.68. The van der Waals surface area contributed by atoms with Crippen LogP contribution in [0.3, 0.4) is 0 Å². The molecule has 1 aromatic carbocycles. The molecule has 0 aliphatic carbocycles. The molecule has 0 radical (unpaired) electrons. The van der Waals surface area contributed by atoms with E-state index >= 15 is 0 Å². The molecule has 9 heteroatoms. The van der Waals surface area contributed by atoms with E-state index in [-0.39, 0.29) is 11.8 Å². The van der Waals surface area contributed by atoms with Gasteiger partial charge in [0.2, 0.25) is 0 Å². The molecule has 2 aliphatic heterocycles. The summed E-state index contributed by atoms with van der Waals surface area (Å²) in [7, 11) is 0. The zero-order valence-electron chi connectivity index (χ0n) is 16.8. The van der Waals surface area contributed by atoms with Crippen LogP contribution in [0, 0.1) is 0 Å². The third-order valence-electron chi connectivity index (χ3n) is 5.64. The standard InChI is InChI=1S/C21H24Cl2N4O3/c1-14(30-19-6-5-15(22)12-17(19)23)20(28)25-8-10-26(11-9-25)21(29)16-13-24-27-7-3-2-4-18(16)27/h5-6,12-14H,2-4,7-11H2,1H3. The van der Waals surface area contributed by atoms with Crippen LogP contribution in [0.4, 0.5) is 0 Å². The van der Waals surface area contributed by atoms with E-state index in [1.165, 1.54) is 0 Å². The van der Waals surface area contributed by atoms with Crippen LogP contribution in [-0.4, -0.2) is 63.7 Å². The number of halogens is 2. The van der Waals surface area contributed by atoms with Gasteiger partial charge in [-0.3, -0.25) is 14.3 Å². The lowest BCUT2D eigenvalue weighted by atomic mass is 10.1. The van der Waals surface area contributed by atoms with Crippen molar-refractivity contribution in [2.24, 2.45) is 0 Å². The maximum Gasteiger partial charge on any atom is 0.263 e. The summed E-state index contributed by atoms with van der Waals surface area (Å²) in [6, 6.07) is 4.90. The highest BCUT2D eigenvalue weighted by atomic mass is 35.5. The first-order valence-corrected chi connectivity index (χ1v) is 10.9. The van der Waals surface area contributed by atoms with Gasteiger partial charge >= 0.3 is 0 Å². The molecule has 1 atom stereocenters. The normalized spacial score (nSPS) is 17.4. The van der Waals surface area contributed by atoms with Crippen LogP contribution >= 0.6 is 23.2 Å². The molecule has 1 fully saturated rings. The highest BCUT2D eigenvalue weighted by Crippen LogP contribution is 2.28. The maximum atomic E-state index is 13.0. The van der Waals surface area contributed by atoms with Gasteiger partial charge in [0, 0.05) is 37.7 Å². The van der Waals surface area contributed by atoms with Gasteiger partial charge in [-0.1, -0.05) is 23.2 Å². The van der Waals surface area contributed by atoms with E-state index in [0.717, 1.165) is 31.5 Å². The second kappa shape index (κ2) is 8.86. The van der Waals surface area contributed by atoms with Gasteiger partial charge in [0.25, 0.3) is 11.8 Å². The summed E-state index contributed by atoms with van der Waals surface area (Å²) in [6.07, 6.45) is 4.08. The van der Waals surface area contributed by atoms with Crippen LogP contribution in [0.15, 0.2) is 24.4 Å². The van der Waals surface area contributed by atoms with Crippen molar-refractivity contribution in [2.75, 3.05) is 26.2 Å². The molecule has 2 amide bonds. The number of hydrogen-bond acceptors (Lipinski definition) is 4. The van der Waals surface area contributed by atoms with Gasteiger partial charge in [-0.15, -0.1) is 0 Å². The van der Waals surface area contributed by atoms with Gasteiger partial charge in [-0.25, -0.2) is 0 Å². The number of carbonyl (C=O) groups is 2. The summed E-state index contributed by atoms with van der Waals surface area (Å²) in [6.45, 7) is 4.49. The van der Waals surface area contributed by atoms with Crippen molar-refractivity contribution >= 4 is 35.0 Å². The average molecular weight is 451 g/mol. The van der Waals surface area contributed by atoms with Gasteiger partial charge in [0.05, 0.1) is 22.5 Å². The van der Waals surface area contributed by atoms with Crippen LogP contribution in [0.2, 0.25) is 10.0 Å². The summed E-state index contributed by atoms with van der Waals surface area (Å²) in [5.74, 6) is 0.292. The molecule has 0 bridgehead atoms. The van der Waals surface area contributed by atoms with Crippen molar-refractivity contribution in [3.05, 3.63) is 45.7 Å². The fourth-order valence-electron chi connectivity index (χ4n) is 3.97. The Kier molecular flexibility index (Phi) is 6.20. The fraction of sp³-hybridized carbons (Fsp3) is 0.476. The molecule has 3 heterocycles. The van der Waals surface area contributed by atoms with Crippen molar-refractivity contribution in [1.82, 2.24) is 19.6 Å². The minimum absolute atomic E-state index is 0.00231. The monoisotopic (exact) mass is 450 g/mol. The highest BCUT2D eigenvalue weighted by Gasteiger charge is 2.30. The number of ether oxygens (including phenoxy) is 1. The predicted molar refractivity (Wildman–Crippen MR) is 114 cm³/mol. The summed E-state index contributed by atoms with van der Waals surface area (Å²) in [5, 5.41) is 5.23. The van der Waals surface area contributed by atoms with Gasteiger partial charge < -0.3 is 14.5 Å². The molecule has 0 saturated carbocycles. The van der Waals surface area contributed by atoms with E-state index in [2.05, 4.69) is 5.10 Å². The molecular weight excluding hydrogens is 427 g/mol. The number of piperazine rings is 1. The summed E-state index contributed by atoms with van der Waals surface area (Å²) >= 11 is 12.0. The predicted octanol–water partition coefficient (Wildman–Crippen LogP) is 3.28. The van der Waals surface area contributed by atoms with Gasteiger partial charge in [-0.05, 0) is 44.4 Å². The average Bonchev–Trinajstić information content (AvgIpc) is 3.19. The van der Waals surface area contributed by atoms with Crippen molar-refractivity contribution in [1.29, 1.82) is 0 Å². The smallest absolute Gasteiger partial charge is 0.263 e. The SMILES string of the molecule is CC(Oc1ccc(Cl)cc1Cl)C(=O)N1CCN(C(=O)c2cnn3c2CCCC3)CC1. The van der Waals surface area contributed by atoms with Crippen LogP contribution < -0.4 is 4.74 Å². The van der Waals surface area contributed by atoms with E-state index in [1.807, 2.05) is 4.68 Å². The molecule has 2 aliphatic rings. The van der Waals surface area contributed by atoms with E-state index < -0.39 is 6.10 Å². The third-order valence-corrected chi connectivity index (χ3v) is 6.17. The quantitative estimate of drug-likeness (QED) is 0.716. The van der Waals surface area contributed by atoms with E-state index in [1.54, 1.807) is 41.1 Å². The zero-order chi connectivity index (χ0) is 21.3. The first-order chi connectivity index (χ1) is 14.4. The van der Waals surface area contributed by atoms with Crippen molar-refractivity contribution in [2.45, 2.75) is 38.8 Å². The first kappa shape index (κ1) is 21.0. The van der Waals surface area contributed by atoms with Gasteiger partial charge in [-0.2, -0.15) is 5.10 Å². The fourth-order valence-corrected chi connectivity index (χ4v) is 4.42. The maximum absolute atomic E-state index is 13.0. The molecular formula is C21H24Cl2N4O3. The lowest BCUT2D eigenvalue weighted by molar-refractivity contribution is -0.139. The summed E-state index contributed by atoms with van der Waals surface area (Å²) in [5.41, 5.74) is 1.73. The number of amides is 2. The Labute approximate surface area is 185 Å². The van der Waals surface area contributed by atoms with Gasteiger partial charge in [0.1, 0.15) is 5.75 Å². The second-order valence-electron chi connectivity index (χ2n) is 7.64. The molecule has 1 saturated heterocycles. The Morgan fingerprint density at radius 2 is 1.80 bits per heavy atom. The topological polar surface area (TPSA) is 67.7 Å². The Balaban J connectivity index is 1.34. The number of benzene rings is 1. The number of carbonyl (C=O) groups excluding carboxylic acids is 2. The number of nitrogens with zero attached hydrogens (tertiary/aromatic N) is 4. The Hall–Kier alpha value is -2.25. The van der Waals surface area contributed by atoms with Crippen LogP contribution in [0.1, 0.15) is 35.8 Å². The van der Waals surface area contributed by atoms with E-state index in [9.17, 15) is 9.59 Å². The largest absolute Gasteiger partial charge is 0.479 e. The Morgan fingerprint density at radius 1 is 1.07 bits per heavy atom. The molecule has 0 N–H and O–H groups in total. The zero-order valence-corrected chi connectivity index (χ0v) is 18.3. The van der Waals surface area contributed by atoms with Crippen LogP contribution in [0.25, 0.3) is 0 Å². The first-order valence-electron chi connectivity index (χ1n) is 10.2. The molecule has 30 heavy (non-hydrogen) atoms.